The number of carbonyl (C=O) groups is 2. The molecule has 0 saturated carbocycles. The zero-order valence-corrected chi connectivity index (χ0v) is 21.6. The van der Waals surface area contributed by atoms with Crippen molar-refractivity contribution in [2.24, 2.45) is 0 Å². The Bertz CT molecular complexity index is 1070. The average molecular weight is 457 g/mol. The third kappa shape index (κ3) is 5.32. The number of nitrogens with zero attached hydrogens (tertiary/aromatic N) is 3. The van der Waals surface area contributed by atoms with Gasteiger partial charge >= 0.3 is 57.4 Å². The Morgan fingerprint density at radius 3 is 2.41 bits per heavy atom. The topological polar surface area (TPSA) is 90.3 Å². The molecule has 1 atom stereocenters. The van der Waals surface area contributed by atoms with Gasteiger partial charge in [0.2, 0.25) is 0 Å². The minimum atomic E-state index is -1.27. The normalized spacial score (nSPS) is 17.6. The summed E-state index contributed by atoms with van der Waals surface area (Å²) in [5.41, 5.74) is 2.47. The number of carboxylic acid groups (broad SMARTS) is 1. The molecule has 0 bridgehead atoms. The van der Waals surface area contributed by atoms with Crippen LogP contribution < -0.4 is 61.8 Å². The van der Waals surface area contributed by atoms with Gasteiger partial charge in [0.05, 0.1) is 23.7 Å². The van der Waals surface area contributed by atoms with Crippen LogP contribution in [0.15, 0.2) is 66.9 Å². The van der Waals surface area contributed by atoms with Crippen molar-refractivity contribution in [2.45, 2.75) is 38.4 Å². The molecule has 4 rings (SSSR count). The number of urea groups is 1. The molecule has 2 amide bonds. The number of benzene rings is 2. The number of nitrogens with one attached hydrogen (secondary N) is 1. The maximum Gasteiger partial charge on any atom is 1.00 e. The molecule has 1 aliphatic heterocycles. The van der Waals surface area contributed by atoms with Crippen LogP contribution in [0.3, 0.4) is 0 Å². The third-order valence-electron chi connectivity index (χ3n) is 5.83. The average Bonchev–Trinajstić information content (AvgIpc) is 3.37. The van der Waals surface area contributed by atoms with Gasteiger partial charge in [0.15, 0.2) is 0 Å². The van der Waals surface area contributed by atoms with Gasteiger partial charge in [-0.1, -0.05) is 60.7 Å². The van der Waals surface area contributed by atoms with E-state index in [4.69, 9.17) is 5.10 Å². The number of likely N-dealkylation sites (tertiary alicyclic amines) is 1. The predicted octanol–water partition coefficient (Wildman–Crippen LogP) is -0.584. The van der Waals surface area contributed by atoms with E-state index in [9.17, 15) is 14.7 Å². The van der Waals surface area contributed by atoms with Crippen LogP contribution in [0.1, 0.15) is 30.9 Å². The molecule has 2 heterocycles. The maximum absolute atomic E-state index is 12.8. The van der Waals surface area contributed by atoms with Crippen molar-refractivity contribution in [1.29, 1.82) is 0 Å². The molecule has 0 radical (unpaired) electrons. The Kier molecular flexibility index (Phi) is 8.30. The molecule has 3 aromatic rings. The fraction of sp³-hybridized carbons (Fsp3) is 0.292. The number of rotatable bonds is 6. The summed E-state index contributed by atoms with van der Waals surface area (Å²) < 4.78 is 1.86. The molecule has 8 heteroatoms. The Labute approximate surface area is 230 Å². The van der Waals surface area contributed by atoms with Crippen LogP contribution in [0.5, 0.6) is 0 Å². The summed E-state index contributed by atoms with van der Waals surface area (Å²) in [6.45, 7) is 2.80. The summed E-state index contributed by atoms with van der Waals surface area (Å²) in [5.74, 6) is -1.22. The van der Waals surface area contributed by atoms with Crippen LogP contribution in [-0.4, -0.2) is 38.8 Å². The molecule has 1 N–H and O–H groups in total. The van der Waals surface area contributed by atoms with Crippen LogP contribution >= 0.6 is 0 Å². The van der Waals surface area contributed by atoms with Gasteiger partial charge < -0.3 is 20.1 Å². The van der Waals surface area contributed by atoms with Crippen LogP contribution in [0.2, 0.25) is 0 Å². The Balaban J connectivity index is 0.00000289. The number of aromatic nitrogens is 2. The summed E-state index contributed by atoms with van der Waals surface area (Å²) in [5, 5.41) is 19.2. The molecule has 2 aromatic carbocycles. The first-order valence-electron chi connectivity index (χ1n) is 10.4. The van der Waals surface area contributed by atoms with Gasteiger partial charge in [-0.2, -0.15) is 5.10 Å². The fourth-order valence-electron chi connectivity index (χ4n) is 4.05. The molecule has 0 unspecified atom stereocenters. The minimum Gasteiger partial charge on any atom is -0.548 e. The number of amides is 2. The van der Waals surface area contributed by atoms with E-state index in [1.54, 1.807) is 6.92 Å². The van der Waals surface area contributed by atoms with Gasteiger partial charge in [-0.3, -0.25) is 4.68 Å². The van der Waals surface area contributed by atoms with E-state index in [2.05, 4.69) is 5.32 Å². The van der Waals surface area contributed by atoms with Crippen LogP contribution in [-0.2, 0) is 17.9 Å². The van der Waals surface area contributed by atoms with Gasteiger partial charge in [0, 0.05) is 30.4 Å². The van der Waals surface area contributed by atoms with E-state index in [0.717, 1.165) is 22.4 Å². The van der Waals surface area contributed by atoms with Crippen LogP contribution in [0.25, 0.3) is 11.3 Å². The standard InChI is InChI=1S/C24H26N4O3.K/c1-24(22(29)30)13-8-14-28(24)23(31)25-15-20-17-27(16-18-9-4-2-5-10-18)26-21(20)19-11-6-3-7-12-19;/h2-7,9-12,17H,8,13-16H2,1H3,(H,25,31)(H,29,30);/q;+1/p-1/t24-;/m0./s1. The first kappa shape index (κ1) is 24.7. The zero-order chi connectivity index (χ0) is 21.8. The van der Waals surface area contributed by atoms with Crippen LogP contribution in [0.4, 0.5) is 4.79 Å². The molecule has 0 aliphatic carbocycles. The van der Waals surface area contributed by atoms with Crippen molar-refractivity contribution in [3.63, 3.8) is 0 Å². The number of hydrogen-bond acceptors (Lipinski definition) is 4. The first-order valence-corrected chi connectivity index (χ1v) is 10.4. The molecule has 1 saturated heterocycles. The summed E-state index contributed by atoms with van der Waals surface area (Å²) in [6.07, 6.45) is 2.97. The molecule has 32 heavy (non-hydrogen) atoms. The Morgan fingerprint density at radius 1 is 1.09 bits per heavy atom. The second-order valence-corrected chi connectivity index (χ2v) is 8.03. The van der Waals surface area contributed by atoms with Crippen molar-refractivity contribution in [3.05, 3.63) is 78.0 Å². The predicted molar refractivity (Wildman–Crippen MR) is 115 cm³/mol. The van der Waals surface area contributed by atoms with Gasteiger partial charge in [0.25, 0.3) is 0 Å². The quantitative estimate of drug-likeness (QED) is 0.503. The van der Waals surface area contributed by atoms with Crippen molar-refractivity contribution >= 4 is 12.0 Å². The molecule has 1 aromatic heterocycles. The second-order valence-electron chi connectivity index (χ2n) is 8.03. The summed E-state index contributed by atoms with van der Waals surface area (Å²) in [6, 6.07) is 19.4. The SMILES string of the molecule is C[C@@]1(C(=O)[O-])CCCN1C(=O)NCc1cn(Cc2ccccc2)nc1-c1ccccc1.[K+]. The molecule has 7 nitrogen and oxygen atoms in total. The molecule has 1 aliphatic rings. The third-order valence-corrected chi connectivity index (χ3v) is 5.83. The smallest absolute Gasteiger partial charge is 0.548 e. The number of carboxylic acids is 1. The number of aliphatic carboxylic acids is 1. The van der Waals surface area contributed by atoms with Crippen molar-refractivity contribution in [3.8, 4) is 11.3 Å². The van der Waals surface area contributed by atoms with E-state index in [1.165, 1.54) is 4.90 Å². The summed E-state index contributed by atoms with van der Waals surface area (Å²) in [4.78, 5) is 25.7. The Hall–Kier alpha value is -1.97. The molecule has 1 fully saturated rings. The maximum atomic E-state index is 12.8. The molecular weight excluding hydrogens is 431 g/mol. The van der Waals surface area contributed by atoms with E-state index in [-0.39, 0.29) is 57.9 Å². The van der Waals surface area contributed by atoms with Crippen LogP contribution in [0, 0.1) is 0 Å². The minimum absolute atomic E-state index is 0. The number of hydrogen-bond donors (Lipinski definition) is 1. The van der Waals surface area contributed by atoms with Gasteiger partial charge in [-0.15, -0.1) is 0 Å². The summed E-state index contributed by atoms with van der Waals surface area (Å²) in [7, 11) is 0. The van der Waals surface area contributed by atoms with Gasteiger partial charge in [0.1, 0.15) is 0 Å². The molecular formula is C24H25KN4O3. The Morgan fingerprint density at radius 2 is 1.75 bits per heavy atom. The van der Waals surface area contributed by atoms with E-state index in [1.807, 2.05) is 71.5 Å². The first-order chi connectivity index (χ1) is 15.0. The largest absolute Gasteiger partial charge is 1.00 e. The van der Waals surface area contributed by atoms with E-state index < -0.39 is 17.5 Å². The fourth-order valence-corrected chi connectivity index (χ4v) is 4.05. The van der Waals surface area contributed by atoms with Crippen molar-refractivity contribution in [2.75, 3.05) is 6.54 Å². The van der Waals surface area contributed by atoms with E-state index >= 15 is 0 Å². The molecule has 0 spiro atoms. The summed E-state index contributed by atoms with van der Waals surface area (Å²) >= 11 is 0. The van der Waals surface area contributed by atoms with Crippen molar-refractivity contribution < 1.29 is 66.1 Å². The zero-order valence-electron chi connectivity index (χ0n) is 18.5. The number of carbonyl (C=O) groups excluding carboxylic acids is 2. The monoisotopic (exact) mass is 456 g/mol. The van der Waals surface area contributed by atoms with E-state index in [0.29, 0.717) is 25.9 Å². The second kappa shape index (κ2) is 10.8. The molecule has 160 valence electrons. The van der Waals surface area contributed by atoms with Gasteiger partial charge in [-0.05, 0) is 25.3 Å². The van der Waals surface area contributed by atoms with Crippen molar-refractivity contribution in [1.82, 2.24) is 20.0 Å². The van der Waals surface area contributed by atoms with Gasteiger partial charge in [-0.25, -0.2) is 4.79 Å².